The fourth-order valence-electron chi connectivity index (χ4n) is 0.616. The predicted molar refractivity (Wildman–Crippen MR) is 52.3 cm³/mol. The van der Waals surface area contributed by atoms with Crippen molar-refractivity contribution in [2.45, 2.75) is 6.92 Å². The van der Waals surface area contributed by atoms with Gasteiger partial charge in [-0.2, -0.15) is 0 Å². The Morgan fingerprint density at radius 3 is 2.54 bits per heavy atom. The molecular weight excluding hydrogens is 170 g/mol. The smallest absolute Gasteiger partial charge is 0.185 e. The summed E-state index contributed by atoms with van der Waals surface area (Å²) in [6.07, 6.45) is 0. The SMILES string of the molecule is C=C(C)OCCOCCN=C(N)N. The van der Waals surface area contributed by atoms with Crippen LogP contribution in [0.5, 0.6) is 0 Å². The molecular formula is C8H17N3O2. The van der Waals surface area contributed by atoms with Crippen LogP contribution in [0, 0.1) is 0 Å². The normalized spacial score (nSPS) is 9.31. The third kappa shape index (κ3) is 10.8. The minimum absolute atomic E-state index is 0.0850. The predicted octanol–water partition coefficient (Wildman–Crippen LogP) is -0.173. The number of guanidine groups is 1. The Balaban J connectivity index is 3.09. The van der Waals surface area contributed by atoms with E-state index in [4.69, 9.17) is 20.9 Å². The molecule has 0 aliphatic rings. The number of hydrogen-bond donors (Lipinski definition) is 2. The third-order valence-electron chi connectivity index (χ3n) is 1.11. The maximum atomic E-state index is 5.15. The summed E-state index contributed by atoms with van der Waals surface area (Å²) in [7, 11) is 0. The number of aliphatic imine (C=N–C) groups is 1. The Kier molecular flexibility index (Phi) is 6.72. The van der Waals surface area contributed by atoms with Gasteiger partial charge < -0.3 is 20.9 Å². The lowest BCUT2D eigenvalue weighted by molar-refractivity contribution is 0.0810. The monoisotopic (exact) mass is 187 g/mol. The molecule has 0 radical (unpaired) electrons. The molecule has 0 bridgehead atoms. The van der Waals surface area contributed by atoms with E-state index in [1.165, 1.54) is 0 Å². The second kappa shape index (κ2) is 7.42. The second-order valence-corrected chi connectivity index (χ2v) is 2.47. The van der Waals surface area contributed by atoms with Crippen LogP contribution in [0.15, 0.2) is 17.3 Å². The van der Waals surface area contributed by atoms with Gasteiger partial charge in [-0.15, -0.1) is 0 Å². The van der Waals surface area contributed by atoms with E-state index in [9.17, 15) is 0 Å². The fraction of sp³-hybridized carbons (Fsp3) is 0.625. The highest BCUT2D eigenvalue weighted by Crippen LogP contribution is 1.88. The van der Waals surface area contributed by atoms with Gasteiger partial charge in [0, 0.05) is 0 Å². The highest BCUT2D eigenvalue weighted by molar-refractivity contribution is 5.75. The average Bonchev–Trinajstić information content (AvgIpc) is 2.01. The van der Waals surface area contributed by atoms with Crippen LogP contribution in [0.25, 0.3) is 0 Å². The van der Waals surface area contributed by atoms with Crippen LogP contribution >= 0.6 is 0 Å². The van der Waals surface area contributed by atoms with E-state index < -0.39 is 0 Å². The lowest BCUT2D eigenvalue weighted by Gasteiger charge is -2.04. The zero-order valence-corrected chi connectivity index (χ0v) is 7.95. The molecule has 0 aliphatic carbocycles. The molecule has 0 amide bonds. The first-order valence-corrected chi connectivity index (χ1v) is 4.04. The molecule has 0 heterocycles. The Bertz CT molecular complexity index is 176. The summed E-state index contributed by atoms with van der Waals surface area (Å²) in [5, 5.41) is 0. The van der Waals surface area contributed by atoms with E-state index in [2.05, 4.69) is 11.6 Å². The molecule has 0 aliphatic heterocycles. The van der Waals surface area contributed by atoms with E-state index in [0.717, 1.165) is 0 Å². The van der Waals surface area contributed by atoms with Crippen molar-refractivity contribution in [3.63, 3.8) is 0 Å². The molecule has 0 saturated carbocycles. The molecule has 0 fully saturated rings. The molecule has 76 valence electrons. The summed E-state index contributed by atoms with van der Waals surface area (Å²) in [6.45, 7) is 7.38. The maximum absolute atomic E-state index is 5.15. The van der Waals surface area contributed by atoms with Gasteiger partial charge in [0.15, 0.2) is 5.96 Å². The summed E-state index contributed by atoms with van der Waals surface area (Å²) in [5.41, 5.74) is 10.2. The van der Waals surface area contributed by atoms with E-state index in [0.29, 0.717) is 32.1 Å². The molecule has 0 saturated heterocycles. The molecule has 5 nitrogen and oxygen atoms in total. The molecule has 0 atom stereocenters. The van der Waals surface area contributed by atoms with Gasteiger partial charge in [-0.1, -0.05) is 6.58 Å². The third-order valence-corrected chi connectivity index (χ3v) is 1.11. The van der Waals surface area contributed by atoms with Crippen molar-refractivity contribution >= 4 is 5.96 Å². The molecule has 0 spiro atoms. The first kappa shape index (κ1) is 11.8. The Hall–Kier alpha value is -1.23. The number of allylic oxidation sites excluding steroid dienone is 1. The van der Waals surface area contributed by atoms with Crippen molar-refractivity contribution in [1.82, 2.24) is 0 Å². The van der Waals surface area contributed by atoms with Crippen molar-refractivity contribution in [2.24, 2.45) is 16.5 Å². The molecule has 0 rings (SSSR count). The van der Waals surface area contributed by atoms with Gasteiger partial charge in [-0.25, -0.2) is 0 Å². The van der Waals surface area contributed by atoms with Gasteiger partial charge in [0.1, 0.15) is 6.61 Å². The minimum atomic E-state index is 0.0850. The van der Waals surface area contributed by atoms with Gasteiger partial charge in [0.2, 0.25) is 0 Å². The van der Waals surface area contributed by atoms with E-state index in [-0.39, 0.29) is 5.96 Å². The lowest BCUT2D eigenvalue weighted by atomic mass is 10.6. The van der Waals surface area contributed by atoms with Gasteiger partial charge in [0.05, 0.1) is 25.5 Å². The van der Waals surface area contributed by atoms with Crippen LogP contribution in [-0.4, -0.2) is 32.3 Å². The van der Waals surface area contributed by atoms with Crippen LogP contribution in [0.3, 0.4) is 0 Å². The second-order valence-electron chi connectivity index (χ2n) is 2.47. The van der Waals surface area contributed by atoms with Gasteiger partial charge in [0.25, 0.3) is 0 Å². The standard InChI is InChI=1S/C8H17N3O2/c1-7(2)13-6-5-12-4-3-11-8(9)10/h1,3-6H2,2H3,(H4,9,10,11). The van der Waals surface area contributed by atoms with Crippen molar-refractivity contribution in [1.29, 1.82) is 0 Å². The summed E-state index contributed by atoms with van der Waals surface area (Å²) < 4.78 is 10.2. The minimum Gasteiger partial charge on any atom is -0.496 e. The number of hydrogen-bond acceptors (Lipinski definition) is 3. The molecule has 0 aromatic carbocycles. The zero-order valence-electron chi connectivity index (χ0n) is 7.95. The summed E-state index contributed by atoms with van der Waals surface area (Å²) in [5.74, 6) is 0.773. The Labute approximate surface area is 78.4 Å². The maximum Gasteiger partial charge on any atom is 0.185 e. The quantitative estimate of drug-likeness (QED) is 0.251. The van der Waals surface area contributed by atoms with Gasteiger partial charge in [-0.05, 0) is 6.92 Å². The number of nitrogens with zero attached hydrogens (tertiary/aromatic N) is 1. The molecule has 5 heteroatoms. The van der Waals surface area contributed by atoms with Crippen LogP contribution in [0.4, 0.5) is 0 Å². The Morgan fingerprint density at radius 1 is 1.31 bits per heavy atom. The van der Waals surface area contributed by atoms with Crippen LogP contribution < -0.4 is 11.5 Å². The Morgan fingerprint density at radius 2 is 2.00 bits per heavy atom. The molecule has 0 unspecified atom stereocenters. The van der Waals surface area contributed by atoms with Crippen molar-refractivity contribution in [3.8, 4) is 0 Å². The molecule has 0 aromatic heterocycles. The van der Waals surface area contributed by atoms with Crippen LogP contribution in [0.1, 0.15) is 6.92 Å². The van der Waals surface area contributed by atoms with Crippen LogP contribution in [-0.2, 0) is 9.47 Å². The van der Waals surface area contributed by atoms with E-state index in [1.807, 2.05) is 0 Å². The first-order chi connectivity index (χ1) is 6.13. The fourth-order valence-corrected chi connectivity index (χ4v) is 0.616. The number of rotatable bonds is 7. The lowest BCUT2D eigenvalue weighted by Crippen LogP contribution is -2.23. The molecule has 13 heavy (non-hydrogen) atoms. The van der Waals surface area contributed by atoms with Crippen LogP contribution in [0.2, 0.25) is 0 Å². The highest BCUT2D eigenvalue weighted by atomic mass is 16.5. The topological polar surface area (TPSA) is 82.9 Å². The van der Waals surface area contributed by atoms with Gasteiger partial charge >= 0.3 is 0 Å². The first-order valence-electron chi connectivity index (χ1n) is 4.04. The van der Waals surface area contributed by atoms with E-state index in [1.54, 1.807) is 6.92 Å². The highest BCUT2D eigenvalue weighted by Gasteiger charge is 1.89. The number of nitrogens with two attached hydrogens (primary N) is 2. The van der Waals surface area contributed by atoms with Crippen molar-refractivity contribution in [2.75, 3.05) is 26.4 Å². The summed E-state index contributed by atoms with van der Waals surface area (Å²) in [6, 6.07) is 0. The summed E-state index contributed by atoms with van der Waals surface area (Å²) >= 11 is 0. The summed E-state index contributed by atoms with van der Waals surface area (Å²) in [4.78, 5) is 3.75. The average molecular weight is 187 g/mol. The van der Waals surface area contributed by atoms with E-state index >= 15 is 0 Å². The van der Waals surface area contributed by atoms with Crippen molar-refractivity contribution in [3.05, 3.63) is 12.3 Å². The molecule has 0 aromatic rings. The molecule has 4 N–H and O–H groups in total. The number of ether oxygens (including phenoxy) is 2. The van der Waals surface area contributed by atoms with Gasteiger partial charge in [-0.3, -0.25) is 4.99 Å². The van der Waals surface area contributed by atoms with Crippen molar-refractivity contribution < 1.29 is 9.47 Å². The largest absolute Gasteiger partial charge is 0.496 e. The zero-order chi connectivity index (χ0) is 10.1.